The van der Waals surface area contributed by atoms with Crippen molar-refractivity contribution in [1.29, 1.82) is 0 Å². The van der Waals surface area contributed by atoms with Gasteiger partial charge < -0.3 is 14.8 Å². The normalized spacial score (nSPS) is 16.0. The molecule has 0 amide bonds. The number of nitrogens with zero attached hydrogens (tertiary/aromatic N) is 1. The molecule has 0 fully saturated rings. The number of fused-ring (bicyclic) bond motifs is 1. The maximum absolute atomic E-state index is 6.10. The van der Waals surface area contributed by atoms with Gasteiger partial charge in [0.05, 0.1) is 13.2 Å². The summed E-state index contributed by atoms with van der Waals surface area (Å²) in [6.07, 6.45) is 4.69. The molecule has 26 heavy (non-hydrogen) atoms. The van der Waals surface area contributed by atoms with E-state index in [9.17, 15) is 0 Å². The fourth-order valence-corrected chi connectivity index (χ4v) is 3.42. The molecule has 1 aliphatic rings. The van der Waals surface area contributed by atoms with Crippen LogP contribution in [0.1, 0.15) is 28.3 Å². The standard InChI is InChI=1S/C22H22N2O2/c1-25-20-12-17-9-11-24-22(18-8-5-10-23-14-18)19(17)13-21(20)26-15-16-6-3-2-4-7-16/h2-8,10,12-14,22,24H,9,11,15H2,1H3. The number of benzene rings is 2. The van der Waals surface area contributed by atoms with Gasteiger partial charge in [0.15, 0.2) is 11.5 Å². The van der Waals surface area contributed by atoms with Crippen LogP contribution in [-0.2, 0) is 13.0 Å². The van der Waals surface area contributed by atoms with Crippen LogP contribution >= 0.6 is 0 Å². The van der Waals surface area contributed by atoms with Crippen molar-refractivity contribution in [3.8, 4) is 11.5 Å². The third kappa shape index (κ3) is 3.41. The highest BCUT2D eigenvalue weighted by Gasteiger charge is 2.24. The first kappa shape index (κ1) is 16.6. The van der Waals surface area contributed by atoms with Crippen LogP contribution in [0.3, 0.4) is 0 Å². The molecule has 132 valence electrons. The number of ether oxygens (including phenoxy) is 2. The Kier molecular flexibility index (Phi) is 4.84. The van der Waals surface area contributed by atoms with Crippen LogP contribution in [0.4, 0.5) is 0 Å². The summed E-state index contributed by atoms with van der Waals surface area (Å²) in [5.41, 5.74) is 4.82. The number of hydrogen-bond acceptors (Lipinski definition) is 4. The summed E-state index contributed by atoms with van der Waals surface area (Å²) < 4.78 is 11.7. The smallest absolute Gasteiger partial charge is 0.162 e. The van der Waals surface area contributed by atoms with Gasteiger partial charge >= 0.3 is 0 Å². The summed E-state index contributed by atoms with van der Waals surface area (Å²) in [7, 11) is 1.69. The largest absolute Gasteiger partial charge is 0.493 e. The number of nitrogens with one attached hydrogen (secondary N) is 1. The number of rotatable bonds is 5. The number of hydrogen-bond donors (Lipinski definition) is 1. The third-order valence-electron chi connectivity index (χ3n) is 4.73. The molecule has 2 heterocycles. The number of methoxy groups -OCH3 is 1. The summed E-state index contributed by atoms with van der Waals surface area (Å²) in [4.78, 5) is 4.27. The van der Waals surface area contributed by atoms with Gasteiger partial charge in [0.25, 0.3) is 0 Å². The summed E-state index contributed by atoms with van der Waals surface area (Å²) in [6.45, 7) is 1.45. The molecule has 0 radical (unpaired) electrons. The van der Waals surface area contributed by atoms with Gasteiger partial charge in [0, 0.05) is 18.9 Å². The molecule has 1 atom stereocenters. The van der Waals surface area contributed by atoms with Gasteiger partial charge in [0.2, 0.25) is 0 Å². The van der Waals surface area contributed by atoms with Crippen LogP contribution in [0.2, 0.25) is 0 Å². The molecule has 1 unspecified atom stereocenters. The second-order valence-electron chi connectivity index (χ2n) is 6.40. The van der Waals surface area contributed by atoms with Crippen molar-refractivity contribution in [1.82, 2.24) is 10.3 Å². The lowest BCUT2D eigenvalue weighted by Gasteiger charge is -2.28. The lowest BCUT2D eigenvalue weighted by molar-refractivity contribution is 0.283. The van der Waals surface area contributed by atoms with Crippen LogP contribution in [0, 0.1) is 0 Å². The van der Waals surface area contributed by atoms with Crippen LogP contribution in [0.25, 0.3) is 0 Å². The van der Waals surface area contributed by atoms with E-state index in [-0.39, 0.29) is 6.04 Å². The Labute approximate surface area is 153 Å². The average molecular weight is 346 g/mol. The van der Waals surface area contributed by atoms with E-state index in [2.05, 4.69) is 40.6 Å². The second kappa shape index (κ2) is 7.58. The van der Waals surface area contributed by atoms with E-state index in [1.54, 1.807) is 13.3 Å². The molecule has 4 heteroatoms. The van der Waals surface area contributed by atoms with E-state index in [1.165, 1.54) is 11.1 Å². The molecular formula is C22H22N2O2. The topological polar surface area (TPSA) is 43.4 Å². The quantitative estimate of drug-likeness (QED) is 0.761. The summed E-state index contributed by atoms with van der Waals surface area (Å²) in [6, 6.07) is 18.6. The molecule has 0 saturated carbocycles. The van der Waals surface area contributed by atoms with Crippen molar-refractivity contribution in [3.05, 3.63) is 89.2 Å². The Morgan fingerprint density at radius 1 is 1.08 bits per heavy atom. The molecule has 0 aliphatic carbocycles. The van der Waals surface area contributed by atoms with E-state index in [4.69, 9.17) is 9.47 Å². The number of pyridine rings is 1. The fraction of sp³-hybridized carbons (Fsp3) is 0.227. The summed E-state index contributed by atoms with van der Waals surface area (Å²) in [5.74, 6) is 1.55. The zero-order valence-corrected chi connectivity index (χ0v) is 14.8. The second-order valence-corrected chi connectivity index (χ2v) is 6.40. The van der Waals surface area contributed by atoms with E-state index in [0.717, 1.165) is 35.6 Å². The first-order valence-corrected chi connectivity index (χ1v) is 8.86. The van der Waals surface area contributed by atoms with Crippen molar-refractivity contribution in [2.75, 3.05) is 13.7 Å². The van der Waals surface area contributed by atoms with Gasteiger partial charge in [0.1, 0.15) is 6.61 Å². The molecule has 4 rings (SSSR count). The molecule has 2 aromatic carbocycles. The molecule has 0 bridgehead atoms. The molecule has 0 spiro atoms. The van der Waals surface area contributed by atoms with E-state index < -0.39 is 0 Å². The highest BCUT2D eigenvalue weighted by Crippen LogP contribution is 2.37. The molecule has 1 N–H and O–H groups in total. The number of aromatic nitrogens is 1. The first-order valence-electron chi connectivity index (χ1n) is 8.86. The van der Waals surface area contributed by atoms with Gasteiger partial charge in [-0.2, -0.15) is 0 Å². The summed E-state index contributed by atoms with van der Waals surface area (Å²) >= 11 is 0. The van der Waals surface area contributed by atoms with Crippen LogP contribution < -0.4 is 14.8 Å². The highest BCUT2D eigenvalue weighted by molar-refractivity contribution is 5.51. The molecular weight excluding hydrogens is 324 g/mol. The van der Waals surface area contributed by atoms with Crippen molar-refractivity contribution in [2.24, 2.45) is 0 Å². The Bertz CT molecular complexity index is 866. The molecule has 4 nitrogen and oxygen atoms in total. The van der Waals surface area contributed by atoms with Gasteiger partial charge in [-0.3, -0.25) is 4.98 Å². The SMILES string of the molecule is COc1cc2c(cc1OCc1ccccc1)C(c1cccnc1)NCC2. The first-order chi connectivity index (χ1) is 12.8. The minimum Gasteiger partial charge on any atom is -0.493 e. The molecule has 3 aromatic rings. The summed E-state index contributed by atoms with van der Waals surface area (Å²) in [5, 5.41) is 3.59. The Morgan fingerprint density at radius 2 is 1.96 bits per heavy atom. The van der Waals surface area contributed by atoms with Gasteiger partial charge in [-0.05, 0) is 46.9 Å². The van der Waals surface area contributed by atoms with E-state index in [0.29, 0.717) is 6.61 Å². The van der Waals surface area contributed by atoms with E-state index in [1.807, 2.05) is 30.5 Å². The zero-order valence-electron chi connectivity index (χ0n) is 14.8. The van der Waals surface area contributed by atoms with Crippen molar-refractivity contribution < 1.29 is 9.47 Å². The third-order valence-corrected chi connectivity index (χ3v) is 4.73. The maximum Gasteiger partial charge on any atom is 0.162 e. The lowest BCUT2D eigenvalue weighted by atomic mass is 9.90. The fourth-order valence-electron chi connectivity index (χ4n) is 3.42. The lowest BCUT2D eigenvalue weighted by Crippen LogP contribution is -2.30. The predicted molar refractivity (Wildman–Crippen MR) is 102 cm³/mol. The molecule has 1 aromatic heterocycles. The predicted octanol–water partition coefficient (Wildman–Crippen LogP) is 3.90. The van der Waals surface area contributed by atoms with Crippen LogP contribution in [0.5, 0.6) is 11.5 Å². The average Bonchev–Trinajstić information content (AvgIpc) is 2.72. The van der Waals surface area contributed by atoms with Crippen LogP contribution in [0.15, 0.2) is 67.0 Å². The highest BCUT2D eigenvalue weighted by atomic mass is 16.5. The zero-order chi connectivity index (χ0) is 17.8. The van der Waals surface area contributed by atoms with Crippen molar-refractivity contribution >= 4 is 0 Å². The Morgan fingerprint density at radius 3 is 2.73 bits per heavy atom. The minimum atomic E-state index is 0.123. The monoisotopic (exact) mass is 346 g/mol. The van der Waals surface area contributed by atoms with Gasteiger partial charge in [-0.25, -0.2) is 0 Å². The molecule has 0 saturated heterocycles. The van der Waals surface area contributed by atoms with Crippen LogP contribution in [-0.4, -0.2) is 18.6 Å². The Balaban J connectivity index is 1.67. The Hall–Kier alpha value is -2.85. The van der Waals surface area contributed by atoms with Crippen molar-refractivity contribution in [3.63, 3.8) is 0 Å². The maximum atomic E-state index is 6.10. The van der Waals surface area contributed by atoms with Gasteiger partial charge in [-0.15, -0.1) is 0 Å². The minimum absolute atomic E-state index is 0.123. The van der Waals surface area contributed by atoms with Crippen molar-refractivity contribution in [2.45, 2.75) is 19.1 Å². The van der Waals surface area contributed by atoms with Gasteiger partial charge in [-0.1, -0.05) is 36.4 Å². The molecule has 1 aliphatic heterocycles. The van der Waals surface area contributed by atoms with E-state index >= 15 is 0 Å².